The molecule has 1 aliphatic heterocycles. The van der Waals surface area contributed by atoms with Crippen molar-refractivity contribution < 1.29 is 5.11 Å². The minimum atomic E-state index is -0.448. The maximum absolute atomic E-state index is 10.2. The number of rotatable bonds is 1. The van der Waals surface area contributed by atoms with E-state index in [0.717, 1.165) is 34.1 Å². The Kier molecular flexibility index (Phi) is 3.03. The van der Waals surface area contributed by atoms with Gasteiger partial charge < -0.3 is 10.0 Å². The molecule has 4 heteroatoms. The summed E-state index contributed by atoms with van der Waals surface area (Å²) in [5.41, 5.74) is 3.32. The molecule has 0 radical (unpaired) electrons. The molecule has 2 nitrogen and oxygen atoms in total. The molecule has 1 heterocycles. The van der Waals surface area contributed by atoms with Gasteiger partial charge in [-0.05, 0) is 23.4 Å². The number of aryl methyl sites for hydroxylation is 1. The van der Waals surface area contributed by atoms with E-state index in [2.05, 4.69) is 17.9 Å². The van der Waals surface area contributed by atoms with Crippen LogP contribution < -0.4 is 4.90 Å². The number of hydrogen-bond donors (Lipinski definition) is 1. The Labute approximate surface area is 122 Å². The summed E-state index contributed by atoms with van der Waals surface area (Å²) in [6.07, 6.45) is 0. The van der Waals surface area contributed by atoms with Gasteiger partial charge in [-0.1, -0.05) is 18.2 Å². The fraction of sp³-hybridized carbons (Fsp3) is 0.333. The van der Waals surface area contributed by atoms with Crippen LogP contribution in [0.1, 0.15) is 17.0 Å². The van der Waals surface area contributed by atoms with Gasteiger partial charge in [-0.15, -0.1) is 23.2 Å². The second-order valence-electron chi connectivity index (χ2n) is 5.15. The third kappa shape index (κ3) is 1.86. The molecule has 0 saturated heterocycles. The number of halogens is 2. The van der Waals surface area contributed by atoms with Gasteiger partial charge in [0.05, 0.1) is 0 Å². The van der Waals surface area contributed by atoms with Crippen molar-refractivity contribution in [2.24, 2.45) is 0 Å². The lowest BCUT2D eigenvalue weighted by Crippen LogP contribution is -2.18. The number of alkyl halides is 2. The van der Waals surface area contributed by atoms with Crippen molar-refractivity contribution >= 4 is 39.7 Å². The van der Waals surface area contributed by atoms with E-state index in [1.54, 1.807) is 0 Å². The molecule has 100 valence electrons. The Morgan fingerprint density at radius 3 is 2.79 bits per heavy atom. The number of benzene rings is 2. The van der Waals surface area contributed by atoms with E-state index in [-0.39, 0.29) is 5.92 Å². The van der Waals surface area contributed by atoms with Crippen molar-refractivity contribution in [3.8, 4) is 5.75 Å². The molecule has 0 aromatic heterocycles. The van der Waals surface area contributed by atoms with Crippen LogP contribution in [0.4, 0.5) is 5.69 Å². The van der Waals surface area contributed by atoms with E-state index >= 15 is 0 Å². The number of anilines is 1. The first-order valence-corrected chi connectivity index (χ1v) is 7.12. The number of fused-ring (bicyclic) bond motifs is 3. The lowest BCUT2D eigenvalue weighted by atomic mass is 9.92. The molecule has 0 spiro atoms. The molecule has 2 aromatic rings. The second-order valence-corrected chi connectivity index (χ2v) is 6.31. The number of phenolic OH excluding ortho intramolecular Hbond substituents is 1. The van der Waals surface area contributed by atoms with Crippen LogP contribution in [0, 0.1) is 6.92 Å². The first-order chi connectivity index (χ1) is 9.00. The van der Waals surface area contributed by atoms with Crippen LogP contribution in [0.25, 0.3) is 10.8 Å². The molecule has 1 N–H and O–H groups in total. The van der Waals surface area contributed by atoms with Crippen molar-refractivity contribution in [1.29, 1.82) is 0 Å². The average molecular weight is 296 g/mol. The molecule has 19 heavy (non-hydrogen) atoms. The highest BCUT2D eigenvalue weighted by molar-refractivity contribution is 6.45. The van der Waals surface area contributed by atoms with Crippen LogP contribution in [-0.4, -0.2) is 23.5 Å². The summed E-state index contributed by atoms with van der Waals surface area (Å²) in [5.74, 6) is 0.387. The van der Waals surface area contributed by atoms with Gasteiger partial charge in [0.25, 0.3) is 0 Å². The Morgan fingerprint density at radius 1 is 1.37 bits per heavy atom. The van der Waals surface area contributed by atoms with Gasteiger partial charge in [0.2, 0.25) is 0 Å². The summed E-state index contributed by atoms with van der Waals surface area (Å²) in [6.45, 7) is 2.83. The van der Waals surface area contributed by atoms with Crippen LogP contribution in [0.15, 0.2) is 24.3 Å². The number of aromatic hydroxyl groups is 1. The fourth-order valence-corrected chi connectivity index (χ4v) is 3.44. The van der Waals surface area contributed by atoms with Gasteiger partial charge >= 0.3 is 0 Å². The molecular weight excluding hydrogens is 281 g/mol. The minimum absolute atomic E-state index is 0.0764. The van der Waals surface area contributed by atoms with Crippen molar-refractivity contribution in [2.75, 3.05) is 18.5 Å². The van der Waals surface area contributed by atoms with Crippen LogP contribution >= 0.6 is 23.2 Å². The van der Waals surface area contributed by atoms with Crippen molar-refractivity contribution in [3.05, 3.63) is 35.4 Å². The zero-order valence-electron chi connectivity index (χ0n) is 10.8. The SMILES string of the molecule is Cc1cccc2c(O)cc3c(c12)[C@H](C(Cl)Cl)CN3C. The maximum atomic E-state index is 10.2. The molecule has 0 bridgehead atoms. The Morgan fingerprint density at radius 2 is 2.11 bits per heavy atom. The molecule has 2 aromatic carbocycles. The highest BCUT2D eigenvalue weighted by Crippen LogP contribution is 2.47. The second kappa shape index (κ2) is 4.46. The highest BCUT2D eigenvalue weighted by atomic mass is 35.5. The summed E-state index contributed by atoms with van der Waals surface area (Å²) in [6, 6.07) is 7.75. The van der Waals surface area contributed by atoms with E-state index in [4.69, 9.17) is 23.2 Å². The van der Waals surface area contributed by atoms with Crippen LogP contribution in [0.3, 0.4) is 0 Å². The zero-order valence-corrected chi connectivity index (χ0v) is 12.3. The van der Waals surface area contributed by atoms with Gasteiger partial charge in [-0.25, -0.2) is 0 Å². The number of hydrogen-bond acceptors (Lipinski definition) is 2. The number of phenols is 1. The summed E-state index contributed by atoms with van der Waals surface area (Å²) in [7, 11) is 2.00. The van der Waals surface area contributed by atoms with Crippen LogP contribution in [0.5, 0.6) is 5.75 Å². The molecule has 3 rings (SSSR count). The van der Waals surface area contributed by atoms with E-state index in [1.165, 1.54) is 0 Å². The Balaban J connectivity index is 2.42. The smallest absolute Gasteiger partial charge is 0.125 e. The fourth-order valence-electron chi connectivity index (χ4n) is 3.03. The van der Waals surface area contributed by atoms with E-state index < -0.39 is 4.84 Å². The Hall–Kier alpha value is -1.12. The highest BCUT2D eigenvalue weighted by Gasteiger charge is 2.33. The Bertz CT molecular complexity index is 654. The van der Waals surface area contributed by atoms with Gasteiger partial charge in [-0.2, -0.15) is 0 Å². The first-order valence-electron chi connectivity index (χ1n) is 6.25. The lowest BCUT2D eigenvalue weighted by Gasteiger charge is -2.16. The minimum Gasteiger partial charge on any atom is -0.507 e. The zero-order chi connectivity index (χ0) is 13.7. The van der Waals surface area contributed by atoms with Crippen LogP contribution in [0.2, 0.25) is 0 Å². The first kappa shape index (κ1) is 12.9. The largest absolute Gasteiger partial charge is 0.507 e. The molecule has 0 unspecified atom stereocenters. The summed E-state index contributed by atoms with van der Waals surface area (Å²) in [4.78, 5) is 1.65. The average Bonchev–Trinajstić information content (AvgIpc) is 2.68. The van der Waals surface area contributed by atoms with Crippen molar-refractivity contribution in [2.45, 2.75) is 17.7 Å². The van der Waals surface area contributed by atoms with Crippen molar-refractivity contribution in [3.63, 3.8) is 0 Å². The molecule has 0 aliphatic carbocycles. The van der Waals surface area contributed by atoms with Gasteiger partial charge in [0, 0.05) is 36.7 Å². The normalized spacial score (nSPS) is 18.4. The number of nitrogens with zero attached hydrogens (tertiary/aromatic N) is 1. The van der Waals surface area contributed by atoms with Gasteiger partial charge in [0.15, 0.2) is 0 Å². The summed E-state index contributed by atoms with van der Waals surface area (Å²) < 4.78 is 0. The predicted octanol–water partition coefficient (Wildman–Crippen LogP) is 4.19. The topological polar surface area (TPSA) is 23.5 Å². The molecule has 0 saturated carbocycles. The quantitative estimate of drug-likeness (QED) is 0.798. The standard InChI is InChI=1S/C15H15Cl2NO/c1-8-4-3-5-9-12(19)6-11-14(13(8)9)10(15(16)17)7-18(11)2/h3-6,10,15,19H,7H2,1-2H3/t10-/m1/s1. The summed E-state index contributed by atoms with van der Waals surface area (Å²) in [5, 5.41) is 12.2. The monoisotopic (exact) mass is 295 g/mol. The van der Waals surface area contributed by atoms with E-state index in [0.29, 0.717) is 5.75 Å². The van der Waals surface area contributed by atoms with Gasteiger partial charge in [0.1, 0.15) is 10.6 Å². The van der Waals surface area contributed by atoms with E-state index in [1.807, 2.05) is 25.2 Å². The third-order valence-electron chi connectivity index (χ3n) is 3.92. The molecule has 1 aliphatic rings. The van der Waals surface area contributed by atoms with Gasteiger partial charge in [-0.3, -0.25) is 0 Å². The summed E-state index contributed by atoms with van der Waals surface area (Å²) >= 11 is 12.3. The third-order valence-corrected chi connectivity index (χ3v) is 4.53. The maximum Gasteiger partial charge on any atom is 0.125 e. The van der Waals surface area contributed by atoms with Crippen molar-refractivity contribution in [1.82, 2.24) is 0 Å². The molecular formula is C15H15Cl2NO. The molecule has 0 amide bonds. The number of likely N-dealkylation sites (N-methyl/N-ethyl adjacent to an activating group) is 1. The predicted molar refractivity (Wildman–Crippen MR) is 81.9 cm³/mol. The molecule has 1 atom stereocenters. The van der Waals surface area contributed by atoms with Crippen LogP contribution in [-0.2, 0) is 0 Å². The lowest BCUT2D eigenvalue weighted by molar-refractivity contribution is 0.481. The van der Waals surface area contributed by atoms with E-state index in [9.17, 15) is 5.11 Å². The molecule has 0 fully saturated rings.